The molecule has 1 aromatic carbocycles. The van der Waals surface area contributed by atoms with Crippen LogP contribution in [0, 0.1) is 0 Å². The van der Waals surface area contributed by atoms with Gasteiger partial charge in [0.1, 0.15) is 0 Å². The van der Waals surface area contributed by atoms with Crippen LogP contribution in [0.3, 0.4) is 0 Å². The van der Waals surface area contributed by atoms with Crippen molar-refractivity contribution in [3.8, 4) is 0 Å². The highest BCUT2D eigenvalue weighted by atomic mass is 16.2. The number of likely N-dealkylation sites (N-methyl/N-ethyl adjacent to an activating group) is 1. The van der Waals surface area contributed by atoms with Gasteiger partial charge in [0.2, 0.25) is 0 Å². The molecular formula is C16H24N4O. The molecule has 0 fully saturated rings. The summed E-state index contributed by atoms with van der Waals surface area (Å²) in [5.74, 6) is 0. The fraction of sp³-hybridized carbons (Fsp3) is 0.438. The van der Waals surface area contributed by atoms with E-state index in [2.05, 4.69) is 51.5 Å². The molecule has 1 atom stereocenters. The number of nitrogens with one attached hydrogen (secondary N) is 2. The summed E-state index contributed by atoms with van der Waals surface area (Å²) < 4.78 is 2.13. The molecule has 2 rings (SSSR count). The third kappa shape index (κ3) is 3.36. The Morgan fingerprint density at radius 1 is 1.29 bits per heavy atom. The van der Waals surface area contributed by atoms with Crippen LogP contribution in [0.4, 0.5) is 4.79 Å². The zero-order valence-electron chi connectivity index (χ0n) is 13.2. The summed E-state index contributed by atoms with van der Waals surface area (Å²) in [5, 5.41) is 6.93. The predicted octanol–water partition coefficient (Wildman–Crippen LogP) is 2.10. The Morgan fingerprint density at radius 3 is 2.67 bits per heavy atom. The second kappa shape index (κ2) is 6.63. The van der Waals surface area contributed by atoms with Gasteiger partial charge in [-0.3, -0.25) is 0 Å². The average molecular weight is 288 g/mol. The summed E-state index contributed by atoms with van der Waals surface area (Å²) in [5.41, 5.74) is 2.44. The van der Waals surface area contributed by atoms with E-state index in [4.69, 9.17) is 0 Å². The van der Waals surface area contributed by atoms with Crippen LogP contribution in [0.15, 0.2) is 30.5 Å². The van der Waals surface area contributed by atoms with E-state index in [1.165, 1.54) is 16.5 Å². The van der Waals surface area contributed by atoms with Crippen molar-refractivity contribution >= 4 is 16.9 Å². The van der Waals surface area contributed by atoms with Crippen LogP contribution in [0.1, 0.15) is 18.5 Å². The van der Waals surface area contributed by atoms with Crippen molar-refractivity contribution in [2.24, 2.45) is 7.05 Å². The van der Waals surface area contributed by atoms with Crippen molar-refractivity contribution in [1.82, 2.24) is 20.1 Å². The molecule has 0 spiro atoms. The lowest BCUT2D eigenvalue weighted by atomic mass is 10.0. The minimum Gasteiger partial charge on any atom is -0.350 e. The lowest BCUT2D eigenvalue weighted by Gasteiger charge is -2.24. The molecule has 21 heavy (non-hydrogen) atoms. The molecule has 0 saturated heterocycles. The maximum atomic E-state index is 11.6. The number of amides is 2. The number of fused-ring (bicyclic) bond motifs is 1. The molecule has 1 heterocycles. The van der Waals surface area contributed by atoms with Crippen LogP contribution < -0.4 is 10.6 Å². The van der Waals surface area contributed by atoms with Crippen LogP contribution in [0.2, 0.25) is 0 Å². The number of aromatic nitrogens is 1. The Labute approximate surface area is 125 Å². The first kappa shape index (κ1) is 15.4. The van der Waals surface area contributed by atoms with E-state index in [0.717, 1.165) is 0 Å². The van der Waals surface area contributed by atoms with Gasteiger partial charge >= 0.3 is 6.03 Å². The number of hydrogen-bond acceptors (Lipinski definition) is 2. The van der Waals surface area contributed by atoms with Crippen LogP contribution in [0.5, 0.6) is 0 Å². The van der Waals surface area contributed by atoms with Crippen molar-refractivity contribution in [3.63, 3.8) is 0 Å². The maximum Gasteiger partial charge on any atom is 0.314 e. The van der Waals surface area contributed by atoms with Gasteiger partial charge in [-0.2, -0.15) is 0 Å². The molecule has 2 amide bonds. The first-order valence-corrected chi connectivity index (χ1v) is 7.26. The van der Waals surface area contributed by atoms with Gasteiger partial charge in [0.05, 0.1) is 6.04 Å². The van der Waals surface area contributed by atoms with Gasteiger partial charge in [0.25, 0.3) is 0 Å². The van der Waals surface area contributed by atoms with Crippen molar-refractivity contribution in [1.29, 1.82) is 0 Å². The highest BCUT2D eigenvalue weighted by Crippen LogP contribution is 2.28. The number of urea groups is 1. The van der Waals surface area contributed by atoms with Crippen molar-refractivity contribution < 1.29 is 4.79 Å². The smallest absolute Gasteiger partial charge is 0.314 e. The van der Waals surface area contributed by atoms with E-state index in [-0.39, 0.29) is 12.1 Å². The highest BCUT2D eigenvalue weighted by Gasteiger charge is 2.19. The normalized spacial score (nSPS) is 12.6. The van der Waals surface area contributed by atoms with E-state index >= 15 is 0 Å². The minimum absolute atomic E-state index is 0.121. The van der Waals surface area contributed by atoms with Crippen molar-refractivity contribution in [2.45, 2.75) is 13.0 Å². The standard InChI is InChI=1S/C16H24N4O/c1-5-17-16(21)18-10-15(19(2)3)13-11-20(4)14-9-7-6-8-12(13)14/h6-9,11,15H,5,10H2,1-4H3,(H2,17,18,21)/t15-/m0/s1. The van der Waals surface area contributed by atoms with Gasteiger partial charge in [-0.1, -0.05) is 18.2 Å². The van der Waals surface area contributed by atoms with Crippen molar-refractivity contribution in [3.05, 3.63) is 36.0 Å². The second-order valence-corrected chi connectivity index (χ2v) is 5.43. The minimum atomic E-state index is -0.121. The highest BCUT2D eigenvalue weighted by molar-refractivity contribution is 5.84. The predicted molar refractivity (Wildman–Crippen MR) is 86.4 cm³/mol. The van der Waals surface area contributed by atoms with Gasteiger partial charge in [-0.05, 0) is 32.6 Å². The summed E-state index contributed by atoms with van der Waals surface area (Å²) in [6.07, 6.45) is 2.15. The molecule has 0 unspecified atom stereocenters. The molecule has 0 aliphatic carbocycles. The van der Waals surface area contributed by atoms with Gasteiger partial charge in [-0.15, -0.1) is 0 Å². The Hall–Kier alpha value is -2.01. The van der Waals surface area contributed by atoms with E-state index in [9.17, 15) is 4.79 Å². The molecule has 0 bridgehead atoms. The number of carbonyl (C=O) groups is 1. The van der Waals surface area contributed by atoms with Gasteiger partial charge in [-0.25, -0.2) is 4.79 Å². The second-order valence-electron chi connectivity index (χ2n) is 5.43. The molecule has 0 saturated carbocycles. The molecule has 5 heteroatoms. The fourth-order valence-electron chi connectivity index (χ4n) is 2.62. The molecule has 0 aliphatic rings. The van der Waals surface area contributed by atoms with Crippen LogP contribution >= 0.6 is 0 Å². The third-order valence-electron chi connectivity index (χ3n) is 3.70. The van der Waals surface area contributed by atoms with E-state index in [0.29, 0.717) is 13.1 Å². The van der Waals surface area contributed by atoms with Gasteiger partial charge < -0.3 is 20.1 Å². The molecule has 5 nitrogen and oxygen atoms in total. The Kier molecular flexibility index (Phi) is 4.85. The van der Waals surface area contributed by atoms with Crippen molar-refractivity contribution in [2.75, 3.05) is 27.2 Å². The topological polar surface area (TPSA) is 49.3 Å². The average Bonchev–Trinajstić information content (AvgIpc) is 2.77. The number of benzene rings is 1. The first-order valence-electron chi connectivity index (χ1n) is 7.26. The molecule has 2 N–H and O–H groups in total. The van der Waals surface area contributed by atoms with Gasteiger partial charge in [0, 0.05) is 37.2 Å². The fourth-order valence-corrected chi connectivity index (χ4v) is 2.62. The first-order chi connectivity index (χ1) is 10.0. The van der Waals surface area contributed by atoms with E-state index < -0.39 is 0 Å². The number of rotatable bonds is 5. The molecule has 0 radical (unpaired) electrons. The Bertz CT molecular complexity index is 618. The third-order valence-corrected chi connectivity index (χ3v) is 3.70. The Balaban J connectivity index is 2.26. The Morgan fingerprint density at radius 2 is 2.00 bits per heavy atom. The molecule has 1 aromatic heterocycles. The van der Waals surface area contributed by atoms with Gasteiger partial charge in [0.15, 0.2) is 0 Å². The lowest BCUT2D eigenvalue weighted by Crippen LogP contribution is -2.40. The molecule has 0 aliphatic heterocycles. The van der Waals surface area contributed by atoms with Crippen LogP contribution in [0.25, 0.3) is 10.9 Å². The quantitative estimate of drug-likeness (QED) is 0.885. The summed E-state index contributed by atoms with van der Waals surface area (Å²) in [7, 11) is 6.12. The monoisotopic (exact) mass is 288 g/mol. The zero-order valence-corrected chi connectivity index (χ0v) is 13.2. The summed E-state index contributed by atoms with van der Waals surface area (Å²) >= 11 is 0. The number of hydrogen-bond donors (Lipinski definition) is 2. The zero-order chi connectivity index (χ0) is 15.4. The largest absolute Gasteiger partial charge is 0.350 e. The molecule has 114 valence electrons. The number of para-hydroxylation sites is 1. The molecule has 2 aromatic rings. The number of aryl methyl sites for hydroxylation is 1. The van der Waals surface area contributed by atoms with Crippen LogP contribution in [-0.2, 0) is 7.05 Å². The van der Waals surface area contributed by atoms with E-state index in [1.54, 1.807) is 0 Å². The summed E-state index contributed by atoms with van der Waals surface area (Å²) in [6.45, 7) is 3.12. The lowest BCUT2D eigenvalue weighted by molar-refractivity contribution is 0.233. The molecular weight excluding hydrogens is 264 g/mol. The number of carbonyl (C=O) groups excluding carboxylic acids is 1. The SMILES string of the molecule is CCNC(=O)NC[C@@H](c1cn(C)c2ccccc12)N(C)C. The van der Waals surface area contributed by atoms with E-state index in [1.807, 2.05) is 27.1 Å². The summed E-state index contributed by atoms with van der Waals surface area (Å²) in [6, 6.07) is 8.36. The summed E-state index contributed by atoms with van der Waals surface area (Å²) in [4.78, 5) is 13.8. The maximum absolute atomic E-state index is 11.6. The van der Waals surface area contributed by atoms with Crippen LogP contribution in [-0.4, -0.2) is 42.7 Å². The number of nitrogens with zero attached hydrogens (tertiary/aromatic N) is 2.